The van der Waals surface area contributed by atoms with Crippen molar-refractivity contribution in [1.29, 1.82) is 0 Å². The molecule has 1 rings (SSSR count). The molecule has 0 radical (unpaired) electrons. The Hall–Kier alpha value is -0.120. The van der Waals surface area contributed by atoms with Crippen molar-refractivity contribution in [2.24, 2.45) is 17.7 Å². The van der Waals surface area contributed by atoms with Crippen LogP contribution >= 0.6 is 0 Å². The molecule has 0 aromatic rings. The third-order valence-electron chi connectivity index (χ3n) is 2.36. The molecule has 0 bridgehead atoms. The maximum Gasteiger partial charge on any atom is 0.0708 e. The SMILES string of the molecule is CC(CON)C1CCCOC1. The Kier molecular flexibility index (Phi) is 3.83. The van der Waals surface area contributed by atoms with E-state index in [0.717, 1.165) is 13.2 Å². The van der Waals surface area contributed by atoms with Crippen LogP contribution in [0.2, 0.25) is 0 Å². The molecule has 0 aromatic heterocycles. The molecule has 1 aliphatic rings. The smallest absolute Gasteiger partial charge is 0.0708 e. The van der Waals surface area contributed by atoms with Gasteiger partial charge in [0.15, 0.2) is 0 Å². The number of hydrogen-bond donors (Lipinski definition) is 1. The van der Waals surface area contributed by atoms with Gasteiger partial charge >= 0.3 is 0 Å². The fourth-order valence-corrected chi connectivity index (χ4v) is 1.50. The Morgan fingerprint density at radius 1 is 1.73 bits per heavy atom. The predicted octanol–water partition coefficient (Wildman–Crippen LogP) is 0.939. The first-order valence-corrected chi connectivity index (χ1v) is 4.24. The maximum absolute atomic E-state index is 5.35. The van der Waals surface area contributed by atoms with Crippen molar-refractivity contribution >= 4 is 0 Å². The topological polar surface area (TPSA) is 44.5 Å². The van der Waals surface area contributed by atoms with Crippen molar-refractivity contribution in [3.8, 4) is 0 Å². The van der Waals surface area contributed by atoms with E-state index in [0.29, 0.717) is 18.4 Å². The van der Waals surface area contributed by atoms with Crippen LogP contribution in [0, 0.1) is 11.8 Å². The van der Waals surface area contributed by atoms with Gasteiger partial charge in [-0.1, -0.05) is 6.92 Å². The predicted molar refractivity (Wildman–Crippen MR) is 42.8 cm³/mol. The van der Waals surface area contributed by atoms with Crippen LogP contribution in [-0.2, 0) is 9.57 Å². The molecule has 2 atom stereocenters. The number of rotatable bonds is 3. The zero-order chi connectivity index (χ0) is 8.10. The van der Waals surface area contributed by atoms with Gasteiger partial charge in [-0.05, 0) is 24.7 Å². The summed E-state index contributed by atoms with van der Waals surface area (Å²) in [4.78, 5) is 4.60. The van der Waals surface area contributed by atoms with E-state index in [2.05, 4.69) is 11.8 Å². The molecule has 0 amide bonds. The fraction of sp³-hybridized carbons (Fsp3) is 1.00. The summed E-state index contributed by atoms with van der Waals surface area (Å²) in [6.45, 7) is 4.61. The molecule has 3 heteroatoms. The lowest BCUT2D eigenvalue weighted by atomic mass is 9.90. The second-order valence-electron chi connectivity index (χ2n) is 3.29. The maximum atomic E-state index is 5.35. The first-order chi connectivity index (χ1) is 5.34. The van der Waals surface area contributed by atoms with Gasteiger partial charge in [-0.15, -0.1) is 0 Å². The van der Waals surface area contributed by atoms with E-state index >= 15 is 0 Å². The molecular formula is C8H17NO2. The van der Waals surface area contributed by atoms with E-state index in [9.17, 15) is 0 Å². The Bertz CT molecular complexity index is 102. The average molecular weight is 159 g/mol. The first-order valence-electron chi connectivity index (χ1n) is 4.24. The van der Waals surface area contributed by atoms with Crippen LogP contribution in [0.5, 0.6) is 0 Å². The second-order valence-corrected chi connectivity index (χ2v) is 3.29. The molecule has 1 aliphatic heterocycles. The minimum absolute atomic E-state index is 0.528. The van der Waals surface area contributed by atoms with Crippen LogP contribution in [0.3, 0.4) is 0 Å². The van der Waals surface area contributed by atoms with Crippen LogP contribution in [0.25, 0.3) is 0 Å². The van der Waals surface area contributed by atoms with Gasteiger partial charge in [0.25, 0.3) is 0 Å². The van der Waals surface area contributed by atoms with Crippen LogP contribution in [0.4, 0.5) is 0 Å². The van der Waals surface area contributed by atoms with Crippen molar-refractivity contribution in [3.63, 3.8) is 0 Å². The minimum Gasteiger partial charge on any atom is -0.381 e. The monoisotopic (exact) mass is 159 g/mol. The van der Waals surface area contributed by atoms with E-state index < -0.39 is 0 Å². The normalized spacial score (nSPS) is 28.4. The lowest BCUT2D eigenvalue weighted by Gasteiger charge is -2.26. The highest BCUT2D eigenvalue weighted by Crippen LogP contribution is 2.21. The summed E-state index contributed by atoms with van der Waals surface area (Å²) in [6.07, 6.45) is 2.43. The Balaban J connectivity index is 2.21. The lowest BCUT2D eigenvalue weighted by Crippen LogP contribution is -2.27. The van der Waals surface area contributed by atoms with E-state index in [1.165, 1.54) is 12.8 Å². The number of nitrogens with two attached hydrogens (primary N) is 1. The first kappa shape index (κ1) is 8.97. The molecular weight excluding hydrogens is 142 g/mol. The average Bonchev–Trinajstić information content (AvgIpc) is 2.07. The summed E-state index contributed by atoms with van der Waals surface area (Å²) >= 11 is 0. The van der Waals surface area contributed by atoms with Crippen LogP contribution in [0.1, 0.15) is 19.8 Å². The Morgan fingerprint density at radius 3 is 3.09 bits per heavy atom. The van der Waals surface area contributed by atoms with Gasteiger partial charge in [0.1, 0.15) is 0 Å². The minimum atomic E-state index is 0.528. The van der Waals surface area contributed by atoms with E-state index in [-0.39, 0.29) is 0 Å². The van der Waals surface area contributed by atoms with Crippen molar-refractivity contribution < 1.29 is 9.57 Å². The Labute approximate surface area is 67.8 Å². The molecule has 1 fully saturated rings. The van der Waals surface area contributed by atoms with E-state index in [4.69, 9.17) is 10.6 Å². The van der Waals surface area contributed by atoms with Crippen LogP contribution in [-0.4, -0.2) is 19.8 Å². The third-order valence-corrected chi connectivity index (χ3v) is 2.36. The second kappa shape index (κ2) is 4.70. The highest BCUT2D eigenvalue weighted by atomic mass is 16.6. The Morgan fingerprint density at radius 2 is 2.55 bits per heavy atom. The molecule has 66 valence electrons. The quantitative estimate of drug-likeness (QED) is 0.623. The molecule has 0 saturated carbocycles. The molecule has 0 spiro atoms. The van der Waals surface area contributed by atoms with Gasteiger partial charge in [0.05, 0.1) is 6.61 Å². The molecule has 1 heterocycles. The summed E-state index contributed by atoms with van der Waals surface area (Å²) in [5.74, 6) is 6.17. The van der Waals surface area contributed by atoms with Gasteiger partial charge < -0.3 is 9.57 Å². The zero-order valence-electron chi connectivity index (χ0n) is 7.08. The lowest BCUT2D eigenvalue weighted by molar-refractivity contribution is 0.00542. The highest BCUT2D eigenvalue weighted by Gasteiger charge is 2.20. The molecule has 2 unspecified atom stereocenters. The van der Waals surface area contributed by atoms with Gasteiger partial charge in [0.2, 0.25) is 0 Å². The van der Waals surface area contributed by atoms with Gasteiger partial charge in [-0.2, -0.15) is 0 Å². The molecule has 1 saturated heterocycles. The van der Waals surface area contributed by atoms with Crippen LogP contribution < -0.4 is 5.90 Å². The molecule has 3 nitrogen and oxygen atoms in total. The molecule has 11 heavy (non-hydrogen) atoms. The summed E-state index contributed by atoms with van der Waals surface area (Å²) in [7, 11) is 0. The van der Waals surface area contributed by atoms with E-state index in [1.807, 2.05) is 0 Å². The number of ether oxygens (including phenoxy) is 1. The zero-order valence-corrected chi connectivity index (χ0v) is 7.08. The molecule has 0 aromatic carbocycles. The van der Waals surface area contributed by atoms with Gasteiger partial charge in [0, 0.05) is 13.2 Å². The molecule has 0 aliphatic carbocycles. The fourth-order valence-electron chi connectivity index (χ4n) is 1.50. The summed E-state index contributed by atoms with van der Waals surface area (Å²) in [5.41, 5.74) is 0. The summed E-state index contributed by atoms with van der Waals surface area (Å²) in [6, 6.07) is 0. The van der Waals surface area contributed by atoms with Gasteiger partial charge in [-0.25, -0.2) is 5.90 Å². The van der Waals surface area contributed by atoms with Crippen molar-refractivity contribution in [3.05, 3.63) is 0 Å². The van der Waals surface area contributed by atoms with Gasteiger partial charge in [-0.3, -0.25) is 0 Å². The largest absolute Gasteiger partial charge is 0.381 e. The van der Waals surface area contributed by atoms with Crippen molar-refractivity contribution in [2.45, 2.75) is 19.8 Å². The van der Waals surface area contributed by atoms with E-state index in [1.54, 1.807) is 0 Å². The highest BCUT2D eigenvalue weighted by molar-refractivity contribution is 4.68. The number of hydrogen-bond acceptors (Lipinski definition) is 3. The summed E-state index contributed by atoms with van der Waals surface area (Å²) in [5, 5.41) is 0. The third kappa shape index (κ3) is 2.77. The van der Waals surface area contributed by atoms with Crippen molar-refractivity contribution in [1.82, 2.24) is 0 Å². The van der Waals surface area contributed by atoms with Crippen molar-refractivity contribution in [2.75, 3.05) is 19.8 Å². The molecule has 2 N–H and O–H groups in total. The summed E-state index contributed by atoms with van der Waals surface area (Å²) < 4.78 is 5.35. The van der Waals surface area contributed by atoms with Crippen LogP contribution in [0.15, 0.2) is 0 Å². The standard InChI is InChI=1S/C8H17NO2/c1-7(5-11-9)8-3-2-4-10-6-8/h7-8H,2-6,9H2,1H3.